The molecule has 0 N–H and O–H groups in total. The second kappa shape index (κ2) is 7.22. The van der Waals surface area contributed by atoms with Crippen LogP contribution in [0, 0.1) is 17.1 Å². The quantitative estimate of drug-likeness (QED) is 0.667. The van der Waals surface area contributed by atoms with Crippen LogP contribution in [0.5, 0.6) is 0 Å². The summed E-state index contributed by atoms with van der Waals surface area (Å²) in [5.41, 5.74) is 0.319. The van der Waals surface area contributed by atoms with Crippen LogP contribution in [0.15, 0.2) is 41.6 Å². The van der Waals surface area contributed by atoms with Crippen molar-refractivity contribution in [3.63, 3.8) is 0 Å². The molecule has 0 saturated carbocycles. The fourth-order valence-corrected chi connectivity index (χ4v) is 2.71. The molecule has 3 aromatic rings. The average Bonchev–Trinajstić information content (AvgIpc) is 2.64. The largest absolute Gasteiger partial charge is 0.315 e. The summed E-state index contributed by atoms with van der Waals surface area (Å²) in [5, 5.41) is 9.77. The third kappa shape index (κ3) is 3.41. The smallest absolute Gasteiger partial charge is 0.258 e. The third-order valence-corrected chi connectivity index (χ3v) is 4.09. The molecule has 0 aliphatic heterocycles. The highest BCUT2D eigenvalue weighted by Gasteiger charge is 2.12. The first-order chi connectivity index (χ1) is 12.1. The van der Waals surface area contributed by atoms with Crippen molar-refractivity contribution in [3.05, 3.63) is 58.5 Å². The Bertz CT molecular complexity index is 1000. The number of aryl methyl sites for hydroxylation is 1. The van der Waals surface area contributed by atoms with Crippen LogP contribution in [0.25, 0.3) is 22.2 Å². The van der Waals surface area contributed by atoms with Crippen molar-refractivity contribution in [3.8, 4) is 17.5 Å². The monoisotopic (exact) mass is 336 g/mol. The molecule has 0 spiro atoms. The Morgan fingerprint density at radius 3 is 2.68 bits per heavy atom. The molecule has 0 unspecified atom stereocenters. The maximum atomic E-state index is 14.5. The van der Waals surface area contributed by atoms with Crippen LogP contribution in [-0.4, -0.2) is 14.5 Å². The number of aromatic nitrogens is 3. The molecular weight excluding hydrogens is 319 g/mol. The first-order valence-electron chi connectivity index (χ1n) is 8.19. The number of benzene rings is 1. The Balaban J connectivity index is 2.03. The molecule has 3 rings (SSSR count). The fourth-order valence-electron chi connectivity index (χ4n) is 2.71. The molecule has 0 aliphatic rings. The van der Waals surface area contributed by atoms with Crippen molar-refractivity contribution in [2.45, 2.75) is 32.7 Å². The van der Waals surface area contributed by atoms with Crippen LogP contribution in [0.1, 0.15) is 31.7 Å². The van der Waals surface area contributed by atoms with Crippen LogP contribution in [-0.2, 0) is 6.54 Å². The second-order valence-corrected chi connectivity index (χ2v) is 5.85. The molecule has 0 atom stereocenters. The van der Waals surface area contributed by atoms with Crippen molar-refractivity contribution in [1.29, 1.82) is 5.26 Å². The summed E-state index contributed by atoms with van der Waals surface area (Å²) >= 11 is 0. The maximum absolute atomic E-state index is 14.5. The normalized spacial score (nSPS) is 10.8. The minimum absolute atomic E-state index is 0.186. The SMILES string of the molecule is CCCCCn1ccc2cc(-c3ncc(C#N)cn3)c(F)cc2c1=O. The van der Waals surface area contributed by atoms with Gasteiger partial charge in [0.25, 0.3) is 5.56 Å². The lowest BCUT2D eigenvalue weighted by atomic mass is 10.1. The van der Waals surface area contributed by atoms with E-state index in [1.165, 1.54) is 18.5 Å². The number of pyridine rings is 1. The van der Waals surface area contributed by atoms with Gasteiger partial charge in [0, 0.05) is 25.1 Å². The Morgan fingerprint density at radius 1 is 1.24 bits per heavy atom. The van der Waals surface area contributed by atoms with Gasteiger partial charge in [0.05, 0.1) is 16.5 Å². The van der Waals surface area contributed by atoms with Gasteiger partial charge in [-0.25, -0.2) is 14.4 Å². The summed E-state index contributed by atoms with van der Waals surface area (Å²) < 4.78 is 16.1. The van der Waals surface area contributed by atoms with Gasteiger partial charge in [0.15, 0.2) is 5.82 Å². The average molecular weight is 336 g/mol. The molecule has 0 fully saturated rings. The number of nitrogens with zero attached hydrogens (tertiary/aromatic N) is 4. The molecule has 6 heteroatoms. The Kier molecular flexibility index (Phi) is 4.85. The van der Waals surface area contributed by atoms with E-state index >= 15 is 0 Å². The van der Waals surface area contributed by atoms with E-state index in [1.54, 1.807) is 22.9 Å². The minimum Gasteiger partial charge on any atom is -0.315 e. The molecule has 0 radical (unpaired) electrons. The number of hydrogen-bond donors (Lipinski definition) is 0. The number of rotatable bonds is 5. The first-order valence-corrected chi connectivity index (χ1v) is 8.19. The summed E-state index contributed by atoms with van der Waals surface area (Å²) in [7, 11) is 0. The topological polar surface area (TPSA) is 71.6 Å². The molecular formula is C19H17FN4O. The Hall–Kier alpha value is -3.07. The van der Waals surface area contributed by atoms with Gasteiger partial charge in [-0.2, -0.15) is 5.26 Å². The molecule has 0 saturated heterocycles. The van der Waals surface area contributed by atoms with Gasteiger partial charge in [0.2, 0.25) is 0 Å². The van der Waals surface area contributed by atoms with E-state index < -0.39 is 5.82 Å². The highest BCUT2D eigenvalue weighted by atomic mass is 19.1. The zero-order chi connectivity index (χ0) is 17.8. The molecule has 1 aromatic carbocycles. The number of fused-ring (bicyclic) bond motifs is 1. The minimum atomic E-state index is -0.555. The van der Waals surface area contributed by atoms with Crippen LogP contribution in [0.3, 0.4) is 0 Å². The van der Waals surface area contributed by atoms with Gasteiger partial charge >= 0.3 is 0 Å². The molecule has 25 heavy (non-hydrogen) atoms. The van der Waals surface area contributed by atoms with Gasteiger partial charge in [-0.1, -0.05) is 19.8 Å². The van der Waals surface area contributed by atoms with E-state index in [2.05, 4.69) is 16.9 Å². The van der Waals surface area contributed by atoms with Crippen LogP contribution in [0.2, 0.25) is 0 Å². The van der Waals surface area contributed by atoms with Gasteiger partial charge in [-0.3, -0.25) is 4.79 Å². The van der Waals surface area contributed by atoms with E-state index in [-0.39, 0.29) is 16.9 Å². The number of hydrogen-bond acceptors (Lipinski definition) is 4. The van der Waals surface area contributed by atoms with Gasteiger partial charge in [-0.15, -0.1) is 0 Å². The summed E-state index contributed by atoms with van der Waals surface area (Å²) in [5.74, 6) is -0.369. The lowest BCUT2D eigenvalue weighted by Gasteiger charge is -2.09. The Morgan fingerprint density at radius 2 is 2.00 bits per heavy atom. The summed E-state index contributed by atoms with van der Waals surface area (Å²) in [6.07, 6.45) is 7.47. The molecule has 2 heterocycles. The number of nitriles is 1. The molecule has 0 bridgehead atoms. The van der Waals surface area contributed by atoms with Crippen molar-refractivity contribution < 1.29 is 4.39 Å². The molecule has 5 nitrogen and oxygen atoms in total. The van der Waals surface area contributed by atoms with E-state index in [9.17, 15) is 9.18 Å². The zero-order valence-electron chi connectivity index (χ0n) is 13.9. The van der Waals surface area contributed by atoms with Gasteiger partial charge < -0.3 is 4.57 Å². The first kappa shape index (κ1) is 16.8. The van der Waals surface area contributed by atoms with Gasteiger partial charge in [-0.05, 0) is 30.0 Å². The Labute approximate surface area is 144 Å². The zero-order valence-corrected chi connectivity index (χ0v) is 13.9. The fraction of sp³-hybridized carbons (Fsp3) is 0.263. The second-order valence-electron chi connectivity index (χ2n) is 5.85. The lowest BCUT2D eigenvalue weighted by Crippen LogP contribution is -2.19. The van der Waals surface area contributed by atoms with E-state index in [0.29, 0.717) is 22.9 Å². The highest BCUT2D eigenvalue weighted by molar-refractivity contribution is 5.85. The highest BCUT2D eigenvalue weighted by Crippen LogP contribution is 2.24. The van der Waals surface area contributed by atoms with E-state index in [4.69, 9.17) is 5.26 Å². The van der Waals surface area contributed by atoms with Crippen LogP contribution >= 0.6 is 0 Å². The predicted octanol–water partition coefficient (Wildman–Crippen LogP) is 3.66. The van der Waals surface area contributed by atoms with Crippen molar-refractivity contribution in [2.24, 2.45) is 0 Å². The van der Waals surface area contributed by atoms with E-state index in [0.717, 1.165) is 19.3 Å². The number of halogens is 1. The number of unbranched alkanes of at least 4 members (excludes halogenated alkanes) is 2. The van der Waals surface area contributed by atoms with Crippen molar-refractivity contribution in [2.75, 3.05) is 0 Å². The lowest BCUT2D eigenvalue weighted by molar-refractivity contribution is 0.590. The summed E-state index contributed by atoms with van der Waals surface area (Å²) in [4.78, 5) is 20.6. The molecule has 0 aliphatic carbocycles. The van der Waals surface area contributed by atoms with Crippen molar-refractivity contribution in [1.82, 2.24) is 14.5 Å². The van der Waals surface area contributed by atoms with Crippen LogP contribution in [0.4, 0.5) is 4.39 Å². The molecule has 126 valence electrons. The van der Waals surface area contributed by atoms with Crippen molar-refractivity contribution >= 4 is 10.8 Å². The molecule has 2 aromatic heterocycles. The molecule has 0 amide bonds. The summed E-state index contributed by atoms with van der Waals surface area (Å²) in [6, 6.07) is 6.54. The maximum Gasteiger partial charge on any atom is 0.258 e. The third-order valence-electron chi connectivity index (χ3n) is 4.09. The van der Waals surface area contributed by atoms with E-state index in [1.807, 2.05) is 6.07 Å². The van der Waals surface area contributed by atoms with Gasteiger partial charge in [0.1, 0.15) is 11.9 Å². The van der Waals surface area contributed by atoms with Crippen LogP contribution < -0.4 is 5.56 Å². The summed E-state index contributed by atoms with van der Waals surface area (Å²) in [6.45, 7) is 2.73. The standard InChI is InChI=1S/C19H17FN4O/c1-2-3-4-6-24-7-5-14-8-16(17(20)9-15(14)19(24)25)18-22-11-13(10-21)12-23-18/h5,7-9,11-12H,2-4,6H2,1H3. The predicted molar refractivity (Wildman–Crippen MR) is 93.4 cm³/mol.